The van der Waals surface area contributed by atoms with Crippen LogP contribution in [0.1, 0.15) is 22.3 Å². The molecule has 0 fully saturated rings. The Morgan fingerprint density at radius 2 is 0.867 bits per heavy atom. The zero-order chi connectivity index (χ0) is 31.8. The van der Waals surface area contributed by atoms with Gasteiger partial charge in [-0.05, 0) is 117 Å². The standard InChI is InChI=1S/C14H8Br2N2S4.C14H10N2S4.BHNS/c1-5-3-7(15)19-9(5)11-17-13-14(21-11)18-12(22-13)10-6(2)4-8(16)20-10;1-7-3-5-17-9(7)11-15-13-14(19-11)16-12(20-13)10-8(2)4-6-18-10;1-2-3/h3-4H,1-2H3;3-6H,1-2H3;3H. The van der Waals surface area contributed by atoms with Crippen molar-refractivity contribution in [2.24, 2.45) is 4.30 Å². The molecule has 0 aliphatic heterocycles. The van der Waals surface area contributed by atoms with E-state index >= 15 is 0 Å². The van der Waals surface area contributed by atoms with Crippen LogP contribution < -0.4 is 0 Å². The van der Waals surface area contributed by atoms with Crippen LogP contribution in [0.25, 0.3) is 58.9 Å². The van der Waals surface area contributed by atoms with Crippen LogP contribution in [-0.4, -0.2) is 27.6 Å². The molecule has 17 heteroatoms. The van der Waals surface area contributed by atoms with Gasteiger partial charge in [0, 0.05) is 0 Å². The Bertz CT molecular complexity index is 2050. The molecular weight excluding hydrogens is 866 g/mol. The van der Waals surface area contributed by atoms with Crippen LogP contribution in [0, 0.1) is 27.7 Å². The second-order valence-corrected chi connectivity index (χ2v) is 20.2. The Hall–Kier alpha value is -0.985. The first-order valence-electron chi connectivity index (χ1n) is 12.9. The summed E-state index contributed by atoms with van der Waals surface area (Å²) in [7, 11) is 4.34. The number of thiophene rings is 4. The fourth-order valence-electron chi connectivity index (χ4n) is 4.17. The fraction of sp³-hybridized carbons (Fsp3) is 0.143. The van der Waals surface area contributed by atoms with E-state index in [9.17, 15) is 0 Å². The molecule has 0 amide bonds. The zero-order valence-corrected chi connectivity index (χ0v) is 34.3. The van der Waals surface area contributed by atoms with Gasteiger partial charge in [-0.15, -0.1) is 45.3 Å². The second kappa shape index (κ2) is 14.6. The number of thiol groups is 1. The van der Waals surface area contributed by atoms with Crippen LogP contribution in [-0.2, 0) is 0 Å². The molecule has 0 spiro atoms. The number of aryl methyl sites for hydroxylation is 4. The van der Waals surface area contributed by atoms with E-state index in [4.69, 9.17) is 19.9 Å². The first-order valence-corrected chi connectivity index (χ1v) is 21.5. The van der Waals surface area contributed by atoms with Gasteiger partial charge in [0.15, 0.2) is 19.3 Å². The zero-order valence-electron chi connectivity index (χ0n) is 23.7. The van der Waals surface area contributed by atoms with E-state index in [1.165, 1.54) is 41.8 Å². The van der Waals surface area contributed by atoms with Gasteiger partial charge in [-0.3, -0.25) is 0 Å². The van der Waals surface area contributed by atoms with Crippen molar-refractivity contribution in [3.05, 3.63) is 64.9 Å². The van der Waals surface area contributed by atoms with E-state index < -0.39 is 0 Å². The SMILES string of the molecule is Cc1cc(Br)sc1-c1nc2sc(-c3sc(Br)cc3C)nc2s1.Cc1ccsc1-c1nc2sc(-c3sccc3C)nc2s1.[B]=NS. The number of nitrogens with zero attached hydrogens (tertiary/aromatic N) is 5. The third-order valence-electron chi connectivity index (χ3n) is 6.23. The molecule has 45 heavy (non-hydrogen) atoms. The first-order chi connectivity index (χ1) is 21.6. The topological polar surface area (TPSA) is 63.9 Å². The van der Waals surface area contributed by atoms with Gasteiger partial charge in [0.2, 0.25) is 0 Å². The molecule has 8 aromatic heterocycles. The first kappa shape index (κ1) is 33.9. The fourth-order valence-corrected chi connectivity index (χ4v) is 14.2. The molecule has 0 atom stereocenters. The Morgan fingerprint density at radius 3 is 1.11 bits per heavy atom. The molecule has 1 radical (unpaired) electrons. The van der Waals surface area contributed by atoms with Crippen LogP contribution in [0.2, 0.25) is 0 Å². The van der Waals surface area contributed by atoms with Crippen molar-refractivity contribution in [2.45, 2.75) is 27.7 Å². The van der Waals surface area contributed by atoms with Gasteiger partial charge in [0.05, 0.1) is 27.1 Å². The summed E-state index contributed by atoms with van der Waals surface area (Å²) in [5.41, 5.74) is 5.12. The third-order valence-corrected chi connectivity index (χ3v) is 16.4. The van der Waals surface area contributed by atoms with E-state index in [1.54, 1.807) is 90.7 Å². The summed E-state index contributed by atoms with van der Waals surface area (Å²) < 4.78 is 4.98. The normalized spacial score (nSPS) is 11.1. The summed E-state index contributed by atoms with van der Waals surface area (Å²) in [5.74, 6) is 0. The Labute approximate surface area is 315 Å². The maximum absolute atomic E-state index is 4.80. The van der Waals surface area contributed by atoms with Gasteiger partial charge in [-0.25, -0.2) is 19.9 Å². The number of thiazole rings is 4. The quantitative estimate of drug-likeness (QED) is 0.141. The van der Waals surface area contributed by atoms with Crippen molar-refractivity contribution >= 4 is 162 Å². The van der Waals surface area contributed by atoms with E-state index in [0.29, 0.717) is 0 Å². The van der Waals surface area contributed by atoms with Crippen molar-refractivity contribution in [2.75, 3.05) is 0 Å². The molecule has 0 aliphatic carbocycles. The van der Waals surface area contributed by atoms with Crippen LogP contribution in [0.3, 0.4) is 0 Å². The van der Waals surface area contributed by atoms with Gasteiger partial charge < -0.3 is 0 Å². The predicted octanol–water partition coefficient (Wildman–Crippen LogP) is 13.4. The molecule has 227 valence electrons. The van der Waals surface area contributed by atoms with Gasteiger partial charge in [0.1, 0.15) is 20.0 Å². The Balaban J connectivity index is 0.000000147. The van der Waals surface area contributed by atoms with Crippen molar-refractivity contribution in [1.29, 1.82) is 0 Å². The van der Waals surface area contributed by atoms with Gasteiger partial charge in [0.25, 0.3) is 0 Å². The molecule has 5 nitrogen and oxygen atoms in total. The van der Waals surface area contributed by atoms with Crippen LogP contribution in [0.4, 0.5) is 0 Å². The van der Waals surface area contributed by atoms with Gasteiger partial charge in [-0.1, -0.05) is 45.3 Å². The van der Waals surface area contributed by atoms with E-state index in [2.05, 4.69) is 119 Å². The van der Waals surface area contributed by atoms with Crippen molar-refractivity contribution in [3.8, 4) is 39.5 Å². The predicted molar refractivity (Wildman–Crippen MR) is 215 cm³/mol. The molecule has 8 heterocycles. The summed E-state index contributed by atoms with van der Waals surface area (Å²) in [5, 5.41) is 8.57. The van der Waals surface area contributed by atoms with Gasteiger partial charge in [-0.2, -0.15) is 0 Å². The molecule has 8 aromatic rings. The Kier molecular flexibility index (Phi) is 11.0. The number of hydrogen-bond donors (Lipinski definition) is 1. The molecule has 0 N–H and O–H groups in total. The Morgan fingerprint density at radius 1 is 0.556 bits per heavy atom. The number of rotatable bonds is 4. The summed E-state index contributed by atoms with van der Waals surface area (Å²) in [6.45, 7) is 8.51. The maximum atomic E-state index is 4.80. The molecule has 8 rings (SSSR count). The second-order valence-electron chi connectivity index (χ2n) is 9.40. The monoisotopic (exact) mass is 882 g/mol. The third kappa shape index (κ3) is 7.38. The molecule has 0 bridgehead atoms. The summed E-state index contributed by atoms with van der Waals surface area (Å²) in [6.07, 6.45) is 0. The van der Waals surface area contributed by atoms with Crippen molar-refractivity contribution in [3.63, 3.8) is 0 Å². The molecular formula is C28H19BBr2N5S9. The van der Waals surface area contributed by atoms with E-state index in [-0.39, 0.29) is 0 Å². The van der Waals surface area contributed by atoms with Crippen molar-refractivity contribution in [1.82, 2.24) is 19.9 Å². The summed E-state index contributed by atoms with van der Waals surface area (Å²) in [6, 6.07) is 8.56. The number of fused-ring (bicyclic) bond motifs is 2. The average Bonchev–Trinajstić information content (AvgIpc) is 3.80. The minimum atomic E-state index is 1.03. The number of halogens is 2. The molecule has 0 aromatic carbocycles. The summed E-state index contributed by atoms with van der Waals surface area (Å²) >= 11 is 24.0. The van der Waals surface area contributed by atoms with Crippen LogP contribution in [0.5, 0.6) is 0 Å². The molecule has 0 aliphatic rings. The number of hydrogen-bond acceptors (Lipinski definition) is 14. The molecule has 0 unspecified atom stereocenters. The molecule has 0 saturated carbocycles. The van der Waals surface area contributed by atoms with E-state index in [0.717, 1.165) is 46.9 Å². The van der Waals surface area contributed by atoms with Crippen LogP contribution >= 0.6 is 135 Å². The minimum absolute atomic E-state index is 1.03. The average molecular weight is 885 g/mol. The van der Waals surface area contributed by atoms with Gasteiger partial charge >= 0.3 is 24.8 Å². The van der Waals surface area contributed by atoms with Crippen molar-refractivity contribution < 1.29 is 0 Å². The van der Waals surface area contributed by atoms with E-state index in [1.807, 2.05) is 0 Å². The molecule has 0 saturated heterocycles. The summed E-state index contributed by atoms with van der Waals surface area (Å²) in [4.78, 5) is 28.3. The van der Waals surface area contributed by atoms with Crippen LogP contribution in [0.15, 0.2) is 46.9 Å². The number of aromatic nitrogens is 4.